The molecule has 0 aliphatic heterocycles. The third-order valence-electron chi connectivity index (χ3n) is 2.61. The van der Waals surface area contributed by atoms with Gasteiger partial charge < -0.3 is 0 Å². The summed E-state index contributed by atoms with van der Waals surface area (Å²) >= 11 is 3.60. The van der Waals surface area contributed by atoms with Crippen LogP contribution in [0, 0.1) is 20.8 Å². The largest absolute Gasteiger partial charge is 0.0558 e. The minimum absolute atomic E-state index is 1.20. The molecule has 2 aliphatic rings. The quantitative estimate of drug-likeness (QED) is 0.645. The molecule has 0 fully saturated rings. The summed E-state index contributed by atoms with van der Waals surface area (Å²) in [5.41, 5.74) is 6.69. The number of halogens is 1. The first-order valence-corrected chi connectivity index (χ1v) is 5.55. The van der Waals surface area contributed by atoms with E-state index in [1.165, 1.54) is 32.3 Å². The molecular weight excluding hydrogens is 236 g/mol. The van der Waals surface area contributed by atoms with E-state index in [9.17, 15) is 0 Å². The molecule has 0 nitrogen and oxygen atoms in total. The summed E-state index contributed by atoms with van der Waals surface area (Å²) in [5.74, 6) is 0. The molecule has 1 heteroatoms. The van der Waals surface area contributed by atoms with Crippen LogP contribution < -0.4 is 0 Å². The molecule has 0 saturated heterocycles. The van der Waals surface area contributed by atoms with E-state index in [1.54, 1.807) is 0 Å². The van der Waals surface area contributed by atoms with Crippen molar-refractivity contribution >= 4 is 15.9 Å². The standard InChI is InChI=1S/C13H13Br/c1-8-6-9(2)11-4-5-12(14)13(11)10(3)7-8/h4-7H,1-3H3. The molecule has 0 aromatic heterocycles. The van der Waals surface area contributed by atoms with Gasteiger partial charge in [0.25, 0.3) is 0 Å². The van der Waals surface area contributed by atoms with Crippen molar-refractivity contribution in [1.29, 1.82) is 0 Å². The Morgan fingerprint density at radius 1 is 0.929 bits per heavy atom. The lowest BCUT2D eigenvalue weighted by Gasteiger charge is -2.00. The van der Waals surface area contributed by atoms with Gasteiger partial charge in [-0.2, -0.15) is 0 Å². The van der Waals surface area contributed by atoms with Crippen LogP contribution in [-0.4, -0.2) is 0 Å². The maximum atomic E-state index is 3.60. The fourth-order valence-corrected chi connectivity index (χ4v) is 2.71. The molecule has 0 N–H and O–H groups in total. The third-order valence-corrected chi connectivity index (χ3v) is 3.27. The fourth-order valence-electron chi connectivity index (χ4n) is 2.06. The lowest BCUT2D eigenvalue weighted by molar-refractivity contribution is 1.42. The smallest absolute Gasteiger partial charge is 0.0256 e. The number of aryl methyl sites for hydroxylation is 3. The second-order valence-electron chi connectivity index (χ2n) is 3.87. The van der Waals surface area contributed by atoms with E-state index in [2.05, 4.69) is 61.0 Å². The van der Waals surface area contributed by atoms with Gasteiger partial charge in [0.05, 0.1) is 0 Å². The fraction of sp³-hybridized carbons (Fsp3) is 0.231. The molecule has 0 saturated carbocycles. The monoisotopic (exact) mass is 248 g/mol. The zero-order chi connectivity index (χ0) is 10.3. The normalized spacial score (nSPS) is 10.9. The average Bonchev–Trinajstić information content (AvgIpc) is 2.41. The maximum Gasteiger partial charge on any atom is 0.0256 e. The molecule has 0 radical (unpaired) electrons. The van der Waals surface area contributed by atoms with Crippen LogP contribution in [0.5, 0.6) is 0 Å². The van der Waals surface area contributed by atoms with E-state index >= 15 is 0 Å². The molecule has 0 aromatic carbocycles. The minimum atomic E-state index is 1.20. The van der Waals surface area contributed by atoms with Gasteiger partial charge in [0.1, 0.15) is 0 Å². The van der Waals surface area contributed by atoms with Crippen molar-refractivity contribution in [2.24, 2.45) is 0 Å². The molecule has 0 amide bonds. The van der Waals surface area contributed by atoms with E-state index in [-0.39, 0.29) is 0 Å². The molecule has 0 aromatic rings. The third kappa shape index (κ3) is 1.46. The lowest BCUT2D eigenvalue weighted by atomic mass is 10.1. The molecule has 0 heterocycles. The highest BCUT2D eigenvalue weighted by Crippen LogP contribution is 2.36. The molecule has 2 aliphatic carbocycles. The summed E-state index contributed by atoms with van der Waals surface area (Å²) < 4.78 is 1.20. The highest BCUT2D eigenvalue weighted by molar-refractivity contribution is 9.10. The second kappa shape index (κ2) is 3.39. The summed E-state index contributed by atoms with van der Waals surface area (Å²) in [6.07, 6.45) is 0. The average molecular weight is 249 g/mol. The number of hydrogen-bond acceptors (Lipinski definition) is 0. The van der Waals surface area contributed by atoms with Crippen molar-refractivity contribution in [1.82, 2.24) is 0 Å². The Balaban J connectivity index is 2.88. The van der Waals surface area contributed by atoms with Gasteiger partial charge in [-0.25, -0.2) is 0 Å². The Morgan fingerprint density at radius 3 is 2.29 bits per heavy atom. The molecule has 0 atom stereocenters. The summed E-state index contributed by atoms with van der Waals surface area (Å²) in [4.78, 5) is 0. The summed E-state index contributed by atoms with van der Waals surface area (Å²) in [7, 11) is 0. The van der Waals surface area contributed by atoms with Crippen molar-refractivity contribution in [3.05, 3.63) is 45.4 Å². The first-order chi connectivity index (χ1) is 6.59. The van der Waals surface area contributed by atoms with Crippen molar-refractivity contribution in [3.63, 3.8) is 0 Å². The molecule has 72 valence electrons. The van der Waals surface area contributed by atoms with Crippen molar-refractivity contribution in [2.75, 3.05) is 0 Å². The van der Waals surface area contributed by atoms with Crippen molar-refractivity contribution in [2.45, 2.75) is 20.8 Å². The van der Waals surface area contributed by atoms with Gasteiger partial charge in [-0.15, -0.1) is 0 Å². The predicted molar refractivity (Wildman–Crippen MR) is 65.0 cm³/mol. The van der Waals surface area contributed by atoms with Crippen molar-refractivity contribution in [3.8, 4) is 11.1 Å². The Morgan fingerprint density at radius 2 is 1.57 bits per heavy atom. The zero-order valence-electron chi connectivity index (χ0n) is 8.69. The Labute approximate surface area is 93.4 Å². The summed E-state index contributed by atoms with van der Waals surface area (Å²) in [6.45, 7) is 6.48. The Bertz CT molecular complexity index is 458. The van der Waals surface area contributed by atoms with E-state index in [1.807, 2.05) is 0 Å². The molecule has 2 rings (SSSR count). The molecular formula is C13H13Br. The topological polar surface area (TPSA) is 0 Å². The highest BCUT2D eigenvalue weighted by atomic mass is 79.9. The number of hydrogen-bond donors (Lipinski definition) is 0. The van der Waals surface area contributed by atoms with Crippen molar-refractivity contribution < 1.29 is 0 Å². The van der Waals surface area contributed by atoms with Crippen LogP contribution in [0.3, 0.4) is 0 Å². The minimum Gasteiger partial charge on any atom is -0.0558 e. The van der Waals surface area contributed by atoms with Gasteiger partial charge in [-0.3, -0.25) is 0 Å². The molecule has 0 bridgehead atoms. The van der Waals surface area contributed by atoms with Gasteiger partial charge in [-0.1, -0.05) is 39.7 Å². The van der Waals surface area contributed by atoms with Crippen LogP contribution in [0.15, 0.2) is 28.7 Å². The van der Waals surface area contributed by atoms with Gasteiger partial charge >= 0.3 is 0 Å². The first-order valence-electron chi connectivity index (χ1n) is 4.75. The SMILES string of the molecule is Cc1cc(C)c2ccc(Br)c-2c(C)c1. The molecule has 0 unspecified atom stereocenters. The van der Waals surface area contributed by atoms with Crippen LogP contribution in [0.2, 0.25) is 0 Å². The van der Waals surface area contributed by atoms with Gasteiger partial charge in [-0.05, 0) is 49.1 Å². The predicted octanol–water partition coefficient (Wildman–Crippen LogP) is 4.48. The van der Waals surface area contributed by atoms with Crippen LogP contribution >= 0.6 is 15.9 Å². The zero-order valence-corrected chi connectivity index (χ0v) is 10.3. The van der Waals surface area contributed by atoms with Crippen LogP contribution in [0.4, 0.5) is 0 Å². The lowest BCUT2D eigenvalue weighted by Crippen LogP contribution is -1.77. The van der Waals surface area contributed by atoms with E-state index in [4.69, 9.17) is 0 Å². The second-order valence-corrected chi connectivity index (χ2v) is 4.72. The van der Waals surface area contributed by atoms with Gasteiger partial charge in [0, 0.05) is 4.47 Å². The van der Waals surface area contributed by atoms with E-state index in [0.717, 1.165) is 0 Å². The van der Waals surface area contributed by atoms with Gasteiger partial charge in [0.2, 0.25) is 0 Å². The number of fused-ring (bicyclic) bond motifs is 1. The first kappa shape index (κ1) is 9.72. The van der Waals surface area contributed by atoms with E-state index < -0.39 is 0 Å². The summed E-state index contributed by atoms with van der Waals surface area (Å²) in [5, 5.41) is 0. The van der Waals surface area contributed by atoms with Crippen LogP contribution in [-0.2, 0) is 0 Å². The van der Waals surface area contributed by atoms with E-state index in [0.29, 0.717) is 0 Å². The van der Waals surface area contributed by atoms with Crippen LogP contribution in [0.25, 0.3) is 11.1 Å². The molecule has 0 spiro atoms. The maximum absolute atomic E-state index is 3.60. The highest BCUT2D eigenvalue weighted by Gasteiger charge is 2.11. The molecule has 14 heavy (non-hydrogen) atoms. The Hall–Kier alpha value is -0.820. The van der Waals surface area contributed by atoms with Crippen LogP contribution in [0.1, 0.15) is 16.7 Å². The number of rotatable bonds is 0. The van der Waals surface area contributed by atoms with Gasteiger partial charge in [0.15, 0.2) is 0 Å². The Kier molecular flexibility index (Phi) is 2.36. The summed E-state index contributed by atoms with van der Waals surface area (Å²) in [6, 6.07) is 8.78.